The van der Waals surface area contributed by atoms with Crippen LogP contribution in [-0.2, 0) is 0 Å². The highest BCUT2D eigenvalue weighted by atomic mass is 32.2. The zero-order valence-electron chi connectivity index (χ0n) is 15.0. The van der Waals surface area contributed by atoms with Gasteiger partial charge in [0.25, 0.3) is 0 Å². The van der Waals surface area contributed by atoms with Gasteiger partial charge in [-0.15, -0.1) is 0 Å². The van der Waals surface area contributed by atoms with Crippen LogP contribution < -0.4 is 5.32 Å². The maximum Gasteiger partial charge on any atom is 0.0247 e. The molecule has 1 heterocycles. The van der Waals surface area contributed by atoms with Crippen molar-refractivity contribution in [3.8, 4) is 0 Å². The molecule has 1 saturated carbocycles. The molecule has 3 heteroatoms. The van der Waals surface area contributed by atoms with Crippen LogP contribution in [0.1, 0.15) is 60.3 Å². The Morgan fingerprint density at radius 1 is 1.19 bits per heavy atom. The van der Waals surface area contributed by atoms with Crippen molar-refractivity contribution in [2.45, 2.75) is 83.7 Å². The third-order valence-electron chi connectivity index (χ3n) is 5.61. The number of thioether (sulfide) groups is 1. The molecule has 0 spiro atoms. The molecular weight excluding hydrogens is 276 g/mol. The molecule has 4 unspecified atom stereocenters. The summed E-state index contributed by atoms with van der Waals surface area (Å²) in [6.07, 6.45) is 7.96. The lowest BCUT2D eigenvalue weighted by atomic mass is 9.81. The fourth-order valence-electron chi connectivity index (χ4n) is 4.05. The van der Waals surface area contributed by atoms with Crippen LogP contribution in [0.3, 0.4) is 0 Å². The van der Waals surface area contributed by atoms with Gasteiger partial charge in [0, 0.05) is 36.5 Å². The smallest absolute Gasteiger partial charge is 0.0247 e. The molecule has 1 aliphatic heterocycles. The molecule has 0 amide bonds. The molecule has 1 saturated heterocycles. The minimum atomic E-state index is 0.355. The summed E-state index contributed by atoms with van der Waals surface area (Å²) < 4.78 is 0. The number of nitrogens with one attached hydrogen (secondary N) is 1. The highest BCUT2D eigenvalue weighted by molar-refractivity contribution is 7.99. The Balaban J connectivity index is 2.10. The van der Waals surface area contributed by atoms with Crippen molar-refractivity contribution in [3.05, 3.63) is 0 Å². The Morgan fingerprint density at radius 3 is 2.48 bits per heavy atom. The first-order valence-electron chi connectivity index (χ1n) is 8.85. The van der Waals surface area contributed by atoms with Crippen LogP contribution in [0.25, 0.3) is 0 Å². The van der Waals surface area contributed by atoms with Crippen molar-refractivity contribution in [3.63, 3.8) is 0 Å². The Labute approximate surface area is 136 Å². The average molecular weight is 313 g/mol. The van der Waals surface area contributed by atoms with Crippen LogP contribution in [0.5, 0.6) is 0 Å². The van der Waals surface area contributed by atoms with Gasteiger partial charge in [-0.3, -0.25) is 4.90 Å². The topological polar surface area (TPSA) is 15.3 Å². The molecule has 4 atom stereocenters. The van der Waals surface area contributed by atoms with Gasteiger partial charge in [-0.05, 0) is 36.9 Å². The first-order valence-corrected chi connectivity index (χ1v) is 10.1. The van der Waals surface area contributed by atoms with Crippen LogP contribution in [0.2, 0.25) is 0 Å². The van der Waals surface area contributed by atoms with Crippen molar-refractivity contribution in [1.29, 1.82) is 0 Å². The molecular formula is C18H36N2S. The zero-order chi connectivity index (χ0) is 15.6. The van der Waals surface area contributed by atoms with E-state index in [9.17, 15) is 0 Å². The summed E-state index contributed by atoms with van der Waals surface area (Å²) in [4.78, 5) is 2.89. The van der Waals surface area contributed by atoms with Gasteiger partial charge >= 0.3 is 0 Å². The van der Waals surface area contributed by atoms with Crippen LogP contribution >= 0.6 is 11.8 Å². The van der Waals surface area contributed by atoms with E-state index in [1.165, 1.54) is 38.8 Å². The van der Waals surface area contributed by atoms with E-state index in [0.29, 0.717) is 17.5 Å². The minimum Gasteiger partial charge on any atom is -0.311 e. The van der Waals surface area contributed by atoms with Crippen molar-refractivity contribution >= 4 is 11.8 Å². The SMILES string of the molecule is CSC1CCCC(N2CC(C(C)(C)C)NCC2C(C)C)C1. The minimum absolute atomic E-state index is 0.355. The van der Waals surface area contributed by atoms with Gasteiger partial charge in [0.2, 0.25) is 0 Å². The Bertz CT molecular complexity index is 324. The van der Waals surface area contributed by atoms with Crippen LogP contribution in [-0.4, -0.2) is 47.6 Å². The predicted molar refractivity (Wildman–Crippen MR) is 96.1 cm³/mol. The van der Waals surface area contributed by atoms with Crippen LogP contribution in [0, 0.1) is 11.3 Å². The molecule has 1 aliphatic carbocycles. The number of nitrogens with zero attached hydrogens (tertiary/aromatic N) is 1. The maximum atomic E-state index is 3.84. The van der Waals surface area contributed by atoms with Gasteiger partial charge < -0.3 is 5.32 Å². The molecule has 0 bridgehead atoms. The van der Waals surface area contributed by atoms with Crippen molar-refractivity contribution in [2.75, 3.05) is 19.3 Å². The van der Waals surface area contributed by atoms with Gasteiger partial charge in [0.15, 0.2) is 0 Å². The fourth-order valence-corrected chi connectivity index (χ4v) is 4.86. The highest BCUT2D eigenvalue weighted by Gasteiger charge is 2.39. The molecule has 0 aromatic carbocycles. The largest absolute Gasteiger partial charge is 0.311 e. The second kappa shape index (κ2) is 7.23. The van der Waals surface area contributed by atoms with Gasteiger partial charge in [-0.2, -0.15) is 11.8 Å². The Kier molecular flexibility index (Phi) is 6.07. The van der Waals surface area contributed by atoms with Crippen molar-refractivity contribution < 1.29 is 0 Å². The standard InChI is InChI=1S/C18H36N2S/c1-13(2)16-11-19-17(18(3,4)5)12-20(16)14-8-7-9-15(10-14)21-6/h13-17,19H,7-12H2,1-6H3. The third-order valence-corrected chi connectivity index (χ3v) is 6.70. The summed E-state index contributed by atoms with van der Waals surface area (Å²) in [6.45, 7) is 14.3. The quantitative estimate of drug-likeness (QED) is 0.848. The second-order valence-corrected chi connectivity index (χ2v) is 9.65. The lowest BCUT2D eigenvalue weighted by Crippen LogP contribution is -2.64. The lowest BCUT2D eigenvalue weighted by molar-refractivity contribution is 0.0173. The van der Waals surface area contributed by atoms with Crippen LogP contribution in [0.15, 0.2) is 0 Å². The van der Waals surface area contributed by atoms with E-state index in [4.69, 9.17) is 0 Å². The molecule has 124 valence electrons. The Hall–Kier alpha value is 0.270. The molecule has 0 radical (unpaired) electrons. The average Bonchev–Trinajstić information content (AvgIpc) is 2.45. The van der Waals surface area contributed by atoms with E-state index in [2.05, 4.69) is 62.9 Å². The zero-order valence-corrected chi connectivity index (χ0v) is 15.8. The van der Waals surface area contributed by atoms with Crippen molar-refractivity contribution in [2.24, 2.45) is 11.3 Å². The molecule has 2 rings (SSSR count). The number of hydrogen-bond donors (Lipinski definition) is 1. The molecule has 2 aliphatic rings. The van der Waals surface area contributed by atoms with Crippen molar-refractivity contribution in [1.82, 2.24) is 10.2 Å². The highest BCUT2D eigenvalue weighted by Crippen LogP contribution is 2.34. The molecule has 0 aromatic heterocycles. The van der Waals surface area contributed by atoms with E-state index in [1.54, 1.807) is 0 Å². The predicted octanol–water partition coefficient (Wildman–Crippen LogP) is 4.01. The fraction of sp³-hybridized carbons (Fsp3) is 1.00. The number of piperazine rings is 1. The van der Waals surface area contributed by atoms with Gasteiger partial charge in [0.1, 0.15) is 0 Å². The third kappa shape index (κ3) is 4.39. The van der Waals surface area contributed by atoms with E-state index in [1.807, 2.05) is 0 Å². The number of hydrogen-bond acceptors (Lipinski definition) is 3. The summed E-state index contributed by atoms with van der Waals surface area (Å²) in [5.41, 5.74) is 0.355. The van der Waals surface area contributed by atoms with Gasteiger partial charge in [0.05, 0.1) is 0 Å². The normalized spacial score (nSPS) is 36.1. The summed E-state index contributed by atoms with van der Waals surface area (Å²) in [5.74, 6) is 0.744. The summed E-state index contributed by atoms with van der Waals surface area (Å²) in [7, 11) is 0. The van der Waals surface area contributed by atoms with E-state index < -0.39 is 0 Å². The molecule has 21 heavy (non-hydrogen) atoms. The van der Waals surface area contributed by atoms with Crippen LogP contribution in [0.4, 0.5) is 0 Å². The monoisotopic (exact) mass is 312 g/mol. The molecule has 1 N–H and O–H groups in total. The maximum absolute atomic E-state index is 3.84. The first-order chi connectivity index (χ1) is 9.82. The summed E-state index contributed by atoms with van der Waals surface area (Å²) in [5, 5.41) is 4.73. The Morgan fingerprint density at radius 2 is 1.90 bits per heavy atom. The summed E-state index contributed by atoms with van der Waals surface area (Å²) >= 11 is 2.09. The van der Waals surface area contributed by atoms with E-state index in [0.717, 1.165) is 17.2 Å². The van der Waals surface area contributed by atoms with E-state index in [-0.39, 0.29) is 0 Å². The lowest BCUT2D eigenvalue weighted by Gasteiger charge is -2.51. The first kappa shape index (κ1) is 17.6. The van der Waals surface area contributed by atoms with Gasteiger partial charge in [-0.25, -0.2) is 0 Å². The molecule has 2 nitrogen and oxygen atoms in total. The molecule has 2 fully saturated rings. The molecule has 0 aromatic rings. The second-order valence-electron chi connectivity index (χ2n) is 8.51. The summed E-state index contributed by atoms with van der Waals surface area (Å²) in [6, 6.07) is 2.16. The number of rotatable bonds is 3. The van der Waals surface area contributed by atoms with Gasteiger partial charge in [-0.1, -0.05) is 41.0 Å². The van der Waals surface area contributed by atoms with E-state index >= 15 is 0 Å².